The Balaban J connectivity index is 0. The summed E-state index contributed by atoms with van der Waals surface area (Å²) in [5.74, 6) is 1.66. The molecule has 4 aromatic rings. The third-order valence-electron chi connectivity index (χ3n) is 5.76. The number of aromatic hydroxyl groups is 4. The summed E-state index contributed by atoms with van der Waals surface area (Å²) in [6, 6.07) is 22.9. The molecule has 4 N–H and O–H groups in total. The van der Waals surface area contributed by atoms with Crippen LogP contribution in [0.1, 0.15) is 44.5 Å². The molecule has 0 atom stereocenters. The molecule has 205 valence electrons. The summed E-state index contributed by atoms with van der Waals surface area (Å²) in [4.78, 5) is 0. The van der Waals surface area contributed by atoms with Gasteiger partial charge in [-0.2, -0.15) is 0 Å². The number of hydrogen-bond donors (Lipinski definition) is 4. The molecule has 0 aliphatic rings. The molecule has 4 aromatic carbocycles. The Morgan fingerprint density at radius 2 is 0.421 bits per heavy atom. The Kier molecular flexibility index (Phi) is 17.6. The van der Waals surface area contributed by atoms with Crippen LogP contribution in [0.25, 0.3) is 0 Å². The average Bonchev–Trinajstić information content (AvgIpc) is 2.84. The van der Waals surface area contributed by atoms with E-state index in [0.717, 1.165) is 44.5 Å². The van der Waals surface area contributed by atoms with Crippen LogP contribution in [0.2, 0.25) is 0 Å². The maximum atomic E-state index is 9.21. The second-order valence-electron chi connectivity index (χ2n) is 8.96. The van der Waals surface area contributed by atoms with E-state index in [4.69, 9.17) is 0 Å². The first-order chi connectivity index (χ1) is 16.9. The number of para-hydroxylation sites is 4. The van der Waals surface area contributed by atoms with E-state index >= 15 is 0 Å². The summed E-state index contributed by atoms with van der Waals surface area (Å²) < 4.78 is 0. The first-order valence-electron chi connectivity index (χ1n) is 11.9. The van der Waals surface area contributed by atoms with Gasteiger partial charge in [0.15, 0.2) is 0 Å². The van der Waals surface area contributed by atoms with Gasteiger partial charge in [-0.15, -0.1) is 0 Å². The van der Waals surface area contributed by atoms with Crippen LogP contribution in [0.4, 0.5) is 0 Å². The summed E-state index contributed by atoms with van der Waals surface area (Å²) in [7, 11) is 0. The van der Waals surface area contributed by atoms with Crippen LogP contribution < -0.4 is 0 Å². The van der Waals surface area contributed by atoms with Gasteiger partial charge in [0.25, 0.3) is 0 Å². The molecule has 0 fully saturated rings. The van der Waals surface area contributed by atoms with Crippen LogP contribution >= 0.6 is 0 Å². The zero-order valence-electron chi connectivity index (χ0n) is 24.2. The molecule has 4 nitrogen and oxygen atoms in total. The van der Waals surface area contributed by atoms with Crippen molar-refractivity contribution in [3.8, 4) is 23.0 Å². The van der Waals surface area contributed by atoms with Gasteiger partial charge in [-0.25, -0.2) is 0 Å². The van der Waals surface area contributed by atoms with E-state index in [-0.39, 0.29) is 29.8 Å². The van der Waals surface area contributed by atoms with Crippen molar-refractivity contribution in [3.63, 3.8) is 0 Å². The fourth-order valence-corrected chi connectivity index (χ4v) is 3.22. The molecule has 0 saturated heterocycles. The summed E-state index contributed by atoms with van der Waals surface area (Å²) in [5.41, 5.74) is 7.52. The van der Waals surface area contributed by atoms with E-state index in [1.165, 1.54) is 0 Å². The number of benzene rings is 4. The fourth-order valence-electron chi connectivity index (χ4n) is 3.22. The largest absolute Gasteiger partial charge is 0.507 e. The van der Waals surface area contributed by atoms with Crippen molar-refractivity contribution in [3.05, 3.63) is 125 Å². The molecule has 4 rings (SSSR count). The SMILES string of the molecule is Cc1cccc(C)c1O.Cc1cccc(C)c1O.Cc1cccc(C)c1O.Cc1cccc(C)c1O.[CH3-].[Ta]. The Morgan fingerprint density at radius 3 is 0.500 bits per heavy atom. The molecule has 0 heterocycles. The predicted molar refractivity (Wildman–Crippen MR) is 157 cm³/mol. The molecule has 0 aliphatic carbocycles. The zero-order valence-corrected chi connectivity index (χ0v) is 27.4. The Morgan fingerprint density at radius 1 is 0.316 bits per heavy atom. The molecule has 0 unspecified atom stereocenters. The average molecular weight is 685 g/mol. The normalized spacial score (nSPS) is 9.05. The van der Waals surface area contributed by atoms with E-state index in [0.29, 0.717) is 23.0 Å². The third-order valence-corrected chi connectivity index (χ3v) is 5.76. The second kappa shape index (κ2) is 18.1. The number of hydrogen-bond acceptors (Lipinski definition) is 4. The number of aryl methyl sites for hydroxylation is 8. The molecule has 0 aliphatic heterocycles. The Labute approximate surface area is 245 Å². The van der Waals surface area contributed by atoms with Gasteiger partial charge in [0.05, 0.1) is 0 Å². The molecular formula is C33H43O4Ta-. The van der Waals surface area contributed by atoms with Crippen molar-refractivity contribution in [2.75, 3.05) is 0 Å². The van der Waals surface area contributed by atoms with Gasteiger partial charge >= 0.3 is 0 Å². The van der Waals surface area contributed by atoms with Crippen molar-refractivity contribution in [1.82, 2.24) is 0 Å². The van der Waals surface area contributed by atoms with Crippen LogP contribution in [0.15, 0.2) is 72.8 Å². The third kappa shape index (κ3) is 11.9. The summed E-state index contributed by atoms with van der Waals surface area (Å²) in [6.45, 7) is 15.1. The summed E-state index contributed by atoms with van der Waals surface area (Å²) in [5, 5.41) is 36.8. The van der Waals surface area contributed by atoms with Crippen molar-refractivity contribution in [2.24, 2.45) is 0 Å². The zero-order chi connectivity index (χ0) is 27.4. The van der Waals surface area contributed by atoms with E-state index in [2.05, 4.69) is 0 Å². The van der Waals surface area contributed by atoms with Crippen LogP contribution in [-0.2, 0) is 22.4 Å². The van der Waals surface area contributed by atoms with E-state index in [1.807, 2.05) is 128 Å². The minimum absolute atomic E-state index is 0. The Hall–Kier alpha value is -3.18. The maximum Gasteiger partial charge on any atom is 0.121 e. The van der Waals surface area contributed by atoms with E-state index in [9.17, 15) is 20.4 Å². The first-order valence-corrected chi connectivity index (χ1v) is 11.9. The maximum absolute atomic E-state index is 9.21. The number of rotatable bonds is 0. The van der Waals surface area contributed by atoms with Crippen LogP contribution in [0.3, 0.4) is 0 Å². The minimum Gasteiger partial charge on any atom is -0.507 e. The molecule has 0 amide bonds. The molecule has 1 radical (unpaired) electrons. The Bertz CT molecular complexity index is 987. The minimum atomic E-state index is 0. The van der Waals surface area contributed by atoms with Crippen molar-refractivity contribution in [1.29, 1.82) is 0 Å². The van der Waals surface area contributed by atoms with E-state index < -0.39 is 0 Å². The second-order valence-corrected chi connectivity index (χ2v) is 8.96. The van der Waals surface area contributed by atoms with Gasteiger partial charge < -0.3 is 27.9 Å². The fraction of sp³-hybridized carbons (Fsp3) is 0.242. The molecular weight excluding hydrogens is 641 g/mol. The summed E-state index contributed by atoms with van der Waals surface area (Å²) >= 11 is 0. The summed E-state index contributed by atoms with van der Waals surface area (Å²) in [6.07, 6.45) is 0. The van der Waals surface area contributed by atoms with Crippen LogP contribution in [0, 0.1) is 62.8 Å². The topological polar surface area (TPSA) is 80.9 Å². The van der Waals surface area contributed by atoms with Gasteiger partial charge in [-0.3, -0.25) is 0 Å². The van der Waals surface area contributed by atoms with Crippen molar-refractivity contribution < 1.29 is 42.8 Å². The van der Waals surface area contributed by atoms with Gasteiger partial charge in [0.2, 0.25) is 0 Å². The van der Waals surface area contributed by atoms with Crippen LogP contribution in [0.5, 0.6) is 23.0 Å². The molecule has 0 spiro atoms. The smallest absolute Gasteiger partial charge is 0.121 e. The van der Waals surface area contributed by atoms with Gasteiger partial charge in [0.1, 0.15) is 23.0 Å². The van der Waals surface area contributed by atoms with Gasteiger partial charge in [-0.1, -0.05) is 72.8 Å². The molecule has 0 bridgehead atoms. The predicted octanol–water partition coefficient (Wildman–Crippen LogP) is 8.48. The first kappa shape index (κ1) is 37.0. The van der Waals surface area contributed by atoms with Crippen molar-refractivity contribution in [2.45, 2.75) is 55.4 Å². The molecule has 0 saturated carbocycles. The monoisotopic (exact) mass is 684 g/mol. The standard InChI is InChI=1S/4C8H10O.CH3.Ta/c4*1-6-4-3-5-7(2)8(6)9;;/h4*3-5,9H,1-2H3;1H3;/q;;;;-1;. The number of phenols is 4. The molecule has 0 aromatic heterocycles. The van der Waals surface area contributed by atoms with Crippen molar-refractivity contribution >= 4 is 0 Å². The molecule has 5 heteroatoms. The molecule has 38 heavy (non-hydrogen) atoms. The quantitative estimate of drug-likeness (QED) is 0.140. The van der Waals surface area contributed by atoms with E-state index in [1.54, 1.807) is 0 Å². The van der Waals surface area contributed by atoms with Gasteiger partial charge in [0, 0.05) is 22.4 Å². The van der Waals surface area contributed by atoms with Gasteiger partial charge in [-0.05, 0) is 99.9 Å². The van der Waals surface area contributed by atoms with Crippen LogP contribution in [-0.4, -0.2) is 20.4 Å². The number of phenolic OH excluding ortho intramolecular Hbond substituents is 4.